The van der Waals surface area contributed by atoms with Crippen molar-refractivity contribution in [3.8, 4) is 5.75 Å². The number of nitrogens with zero attached hydrogens (tertiary/aromatic N) is 1. The summed E-state index contributed by atoms with van der Waals surface area (Å²) in [6, 6.07) is 6.53. The van der Waals surface area contributed by atoms with E-state index in [-0.39, 0.29) is 18.7 Å². The molecule has 1 heterocycles. The lowest BCUT2D eigenvalue weighted by atomic mass is 10.00. The second-order valence-electron chi connectivity index (χ2n) is 6.22. The number of halogens is 1. The minimum Gasteiger partial charge on any atom is -0.492 e. The molecule has 1 aromatic rings. The first-order valence-electron chi connectivity index (χ1n) is 8.99. The number of likely N-dealkylation sites (N-methyl/N-ethyl adjacent to an activating group) is 1. The maximum atomic E-state index is 12.4. The molecule has 2 amide bonds. The first-order valence-corrected chi connectivity index (χ1v) is 9.37. The molecule has 0 saturated heterocycles. The van der Waals surface area contributed by atoms with Crippen LogP contribution in [-0.4, -0.2) is 56.3 Å². The minimum absolute atomic E-state index is 0.281. The number of urea groups is 1. The zero-order chi connectivity index (χ0) is 19.8. The van der Waals surface area contributed by atoms with Crippen LogP contribution in [0.2, 0.25) is 5.02 Å². The third kappa shape index (κ3) is 6.15. The van der Waals surface area contributed by atoms with Crippen LogP contribution in [0.3, 0.4) is 0 Å². The van der Waals surface area contributed by atoms with Crippen molar-refractivity contribution in [3.05, 3.63) is 40.6 Å². The molecule has 1 aliphatic heterocycles. The Morgan fingerprint density at radius 3 is 2.78 bits per heavy atom. The van der Waals surface area contributed by atoms with Crippen LogP contribution in [0.25, 0.3) is 0 Å². The lowest BCUT2D eigenvalue weighted by Crippen LogP contribution is -2.52. The van der Waals surface area contributed by atoms with Crippen LogP contribution in [0.5, 0.6) is 5.75 Å². The van der Waals surface area contributed by atoms with E-state index >= 15 is 0 Å². The van der Waals surface area contributed by atoms with Crippen LogP contribution < -0.4 is 15.4 Å². The van der Waals surface area contributed by atoms with Crippen LogP contribution in [-0.2, 0) is 9.53 Å². The van der Waals surface area contributed by atoms with Gasteiger partial charge >= 0.3 is 12.0 Å². The normalized spacial score (nSPS) is 16.8. The highest BCUT2D eigenvalue weighted by Gasteiger charge is 2.31. The summed E-state index contributed by atoms with van der Waals surface area (Å²) in [5.41, 5.74) is 1.04. The number of hydrogen-bond donors (Lipinski definition) is 2. The van der Waals surface area contributed by atoms with E-state index in [1.807, 2.05) is 31.0 Å². The lowest BCUT2D eigenvalue weighted by Gasteiger charge is -2.30. The second kappa shape index (κ2) is 10.2. The summed E-state index contributed by atoms with van der Waals surface area (Å²) >= 11 is 5.94. The molecule has 2 rings (SSSR count). The Balaban J connectivity index is 2.01. The average Bonchev–Trinajstić information content (AvgIpc) is 2.61. The van der Waals surface area contributed by atoms with Gasteiger partial charge in [-0.25, -0.2) is 9.59 Å². The van der Waals surface area contributed by atoms with Gasteiger partial charge < -0.3 is 20.1 Å². The monoisotopic (exact) mass is 395 g/mol. The molecule has 0 spiro atoms. The molecule has 1 unspecified atom stereocenters. The summed E-state index contributed by atoms with van der Waals surface area (Å²) < 4.78 is 10.9. The van der Waals surface area contributed by atoms with E-state index in [1.54, 1.807) is 19.1 Å². The van der Waals surface area contributed by atoms with Gasteiger partial charge in [-0.1, -0.05) is 24.6 Å². The fourth-order valence-electron chi connectivity index (χ4n) is 2.81. The number of carbonyl (C=O) groups is 2. The van der Waals surface area contributed by atoms with Crippen molar-refractivity contribution in [2.75, 3.05) is 33.4 Å². The van der Waals surface area contributed by atoms with Gasteiger partial charge in [0.15, 0.2) is 0 Å². The van der Waals surface area contributed by atoms with Gasteiger partial charge in [-0.15, -0.1) is 0 Å². The van der Waals surface area contributed by atoms with Gasteiger partial charge in [0.1, 0.15) is 12.4 Å². The van der Waals surface area contributed by atoms with Gasteiger partial charge in [0.05, 0.1) is 18.2 Å². The van der Waals surface area contributed by atoms with Gasteiger partial charge in [0.25, 0.3) is 0 Å². The van der Waals surface area contributed by atoms with Gasteiger partial charge in [0.2, 0.25) is 0 Å². The molecule has 7 nitrogen and oxygen atoms in total. The van der Waals surface area contributed by atoms with Crippen molar-refractivity contribution < 1.29 is 19.1 Å². The van der Waals surface area contributed by atoms with E-state index in [4.69, 9.17) is 21.1 Å². The highest BCUT2D eigenvalue weighted by Crippen LogP contribution is 2.18. The molecule has 0 aliphatic carbocycles. The second-order valence-corrected chi connectivity index (χ2v) is 6.65. The Morgan fingerprint density at radius 2 is 2.11 bits per heavy atom. The summed E-state index contributed by atoms with van der Waals surface area (Å²) in [5, 5.41) is 6.13. The number of ether oxygens (including phenoxy) is 2. The molecule has 148 valence electrons. The van der Waals surface area contributed by atoms with E-state index in [2.05, 4.69) is 10.6 Å². The third-order valence-corrected chi connectivity index (χ3v) is 4.35. The maximum absolute atomic E-state index is 12.4. The summed E-state index contributed by atoms with van der Waals surface area (Å²) in [5.74, 6) is 0.291. The molecule has 0 aromatic heterocycles. The van der Waals surface area contributed by atoms with Gasteiger partial charge in [-0.05, 0) is 38.6 Å². The van der Waals surface area contributed by atoms with Crippen molar-refractivity contribution in [2.45, 2.75) is 26.3 Å². The molecule has 1 atom stereocenters. The number of rotatable bonds is 9. The summed E-state index contributed by atoms with van der Waals surface area (Å²) in [4.78, 5) is 26.3. The van der Waals surface area contributed by atoms with E-state index in [1.165, 1.54) is 0 Å². The number of carbonyl (C=O) groups excluding carboxylic acids is 2. The quantitative estimate of drug-likeness (QED) is 0.628. The number of benzene rings is 1. The SMILES string of the molecule is CCOC(=O)C1=C(CN(C)CCOc2cccc(Cl)c2)NC(=O)NC1CC. The zero-order valence-corrected chi connectivity index (χ0v) is 16.6. The largest absolute Gasteiger partial charge is 0.492 e. The van der Waals surface area contributed by atoms with Crippen molar-refractivity contribution in [1.29, 1.82) is 0 Å². The van der Waals surface area contributed by atoms with Crippen LogP contribution >= 0.6 is 11.6 Å². The van der Waals surface area contributed by atoms with Crippen molar-refractivity contribution in [2.24, 2.45) is 0 Å². The molecule has 0 fully saturated rings. The summed E-state index contributed by atoms with van der Waals surface area (Å²) in [6.45, 7) is 5.40. The van der Waals surface area contributed by atoms with Crippen LogP contribution in [0.1, 0.15) is 20.3 Å². The first kappa shape index (κ1) is 21.1. The Bertz CT molecular complexity index is 708. The van der Waals surface area contributed by atoms with Crippen LogP contribution in [0.15, 0.2) is 35.5 Å². The molecule has 27 heavy (non-hydrogen) atoms. The van der Waals surface area contributed by atoms with Crippen molar-refractivity contribution in [3.63, 3.8) is 0 Å². The van der Waals surface area contributed by atoms with Gasteiger partial charge in [-0.2, -0.15) is 0 Å². The highest BCUT2D eigenvalue weighted by atomic mass is 35.5. The van der Waals surface area contributed by atoms with E-state index in [0.29, 0.717) is 48.2 Å². The topological polar surface area (TPSA) is 79.9 Å². The van der Waals surface area contributed by atoms with Crippen LogP contribution in [0.4, 0.5) is 4.79 Å². The number of hydrogen-bond acceptors (Lipinski definition) is 5. The predicted molar refractivity (Wildman–Crippen MR) is 104 cm³/mol. The highest BCUT2D eigenvalue weighted by molar-refractivity contribution is 6.30. The van der Waals surface area contributed by atoms with Gasteiger partial charge in [-0.3, -0.25) is 4.90 Å². The van der Waals surface area contributed by atoms with E-state index in [9.17, 15) is 9.59 Å². The molecule has 0 saturated carbocycles. The fraction of sp³-hybridized carbons (Fsp3) is 0.474. The standard InChI is InChI=1S/C19H26ClN3O4/c1-4-15-17(18(24)26-5-2)16(22-19(25)21-15)12-23(3)9-10-27-14-8-6-7-13(20)11-14/h6-8,11,15H,4-5,9-10,12H2,1-3H3,(H2,21,22,25). The van der Waals surface area contributed by atoms with Gasteiger partial charge in [0, 0.05) is 23.8 Å². The average molecular weight is 396 g/mol. The Morgan fingerprint density at radius 1 is 1.33 bits per heavy atom. The molecule has 8 heteroatoms. The predicted octanol–water partition coefficient (Wildman–Crippen LogP) is 2.56. The molecule has 0 bridgehead atoms. The smallest absolute Gasteiger partial charge is 0.337 e. The number of nitrogens with one attached hydrogen (secondary N) is 2. The summed E-state index contributed by atoms with van der Waals surface area (Å²) in [6.07, 6.45) is 0.604. The Kier molecular flexibility index (Phi) is 7.94. The molecular weight excluding hydrogens is 370 g/mol. The molecule has 2 N–H and O–H groups in total. The maximum Gasteiger partial charge on any atom is 0.337 e. The fourth-order valence-corrected chi connectivity index (χ4v) is 2.99. The Labute approximate surface area is 164 Å². The van der Waals surface area contributed by atoms with Crippen molar-refractivity contribution in [1.82, 2.24) is 15.5 Å². The van der Waals surface area contributed by atoms with Crippen molar-refractivity contribution >= 4 is 23.6 Å². The molecular formula is C19H26ClN3O4. The van der Waals surface area contributed by atoms with Crippen LogP contribution in [0, 0.1) is 0 Å². The molecule has 0 radical (unpaired) electrons. The Hall–Kier alpha value is -2.25. The molecule has 1 aliphatic rings. The third-order valence-electron chi connectivity index (χ3n) is 4.11. The summed E-state index contributed by atoms with van der Waals surface area (Å²) in [7, 11) is 1.90. The van der Waals surface area contributed by atoms with E-state index in [0.717, 1.165) is 0 Å². The molecule has 1 aromatic carbocycles. The first-order chi connectivity index (χ1) is 12.9. The number of amides is 2. The zero-order valence-electron chi connectivity index (χ0n) is 15.9. The minimum atomic E-state index is -0.407. The van der Waals surface area contributed by atoms with E-state index < -0.39 is 5.97 Å². The number of esters is 1. The lowest BCUT2D eigenvalue weighted by molar-refractivity contribution is -0.139.